The van der Waals surface area contributed by atoms with Crippen molar-refractivity contribution in [3.05, 3.63) is 59.2 Å². The van der Waals surface area contributed by atoms with E-state index in [-0.39, 0.29) is 18.4 Å². The van der Waals surface area contributed by atoms with Crippen molar-refractivity contribution >= 4 is 17.5 Å². The monoisotopic (exact) mass is 310 g/mol. The van der Waals surface area contributed by atoms with Gasteiger partial charge in [0.15, 0.2) is 6.61 Å². The summed E-state index contributed by atoms with van der Waals surface area (Å²) in [5, 5.41) is 5.60. The van der Waals surface area contributed by atoms with Crippen LogP contribution >= 0.6 is 0 Å². The summed E-state index contributed by atoms with van der Waals surface area (Å²) in [7, 11) is 0. The summed E-state index contributed by atoms with van der Waals surface area (Å²) in [6.07, 6.45) is 0.396. The first-order chi connectivity index (χ1) is 11.1. The quantitative estimate of drug-likeness (QED) is 0.889. The zero-order valence-electron chi connectivity index (χ0n) is 12.9. The van der Waals surface area contributed by atoms with Crippen LogP contribution in [0.25, 0.3) is 0 Å². The molecule has 2 aromatic carbocycles. The lowest BCUT2D eigenvalue weighted by Gasteiger charge is -2.09. The minimum atomic E-state index is -0.179. The molecule has 3 rings (SSSR count). The SMILES string of the molecule is Cc1cccc(OCC(=O)NCc2ccc3c(c2)CC(=O)N3)c1. The second kappa shape index (κ2) is 6.52. The van der Waals surface area contributed by atoms with Crippen molar-refractivity contribution in [2.45, 2.75) is 19.9 Å². The molecule has 2 amide bonds. The molecule has 0 aliphatic carbocycles. The molecule has 0 bridgehead atoms. The maximum Gasteiger partial charge on any atom is 0.258 e. The van der Waals surface area contributed by atoms with Crippen LogP contribution in [0.2, 0.25) is 0 Å². The maximum atomic E-state index is 11.9. The average molecular weight is 310 g/mol. The first-order valence-corrected chi connectivity index (χ1v) is 7.48. The molecular weight excluding hydrogens is 292 g/mol. The molecule has 1 aliphatic rings. The fourth-order valence-electron chi connectivity index (χ4n) is 2.50. The second-order valence-electron chi connectivity index (χ2n) is 5.60. The first kappa shape index (κ1) is 15.1. The number of rotatable bonds is 5. The van der Waals surface area contributed by atoms with E-state index in [4.69, 9.17) is 4.74 Å². The molecule has 2 aromatic rings. The molecule has 1 aliphatic heterocycles. The molecule has 0 unspecified atom stereocenters. The van der Waals surface area contributed by atoms with Crippen LogP contribution in [0.3, 0.4) is 0 Å². The van der Waals surface area contributed by atoms with E-state index in [0.717, 1.165) is 22.4 Å². The van der Waals surface area contributed by atoms with E-state index < -0.39 is 0 Å². The van der Waals surface area contributed by atoms with Crippen LogP contribution in [0.15, 0.2) is 42.5 Å². The normalized spacial score (nSPS) is 12.5. The fraction of sp³-hybridized carbons (Fsp3) is 0.222. The van der Waals surface area contributed by atoms with Gasteiger partial charge in [-0.3, -0.25) is 9.59 Å². The van der Waals surface area contributed by atoms with Crippen LogP contribution in [0, 0.1) is 6.92 Å². The van der Waals surface area contributed by atoms with E-state index in [1.165, 1.54) is 0 Å². The predicted octanol–water partition coefficient (Wildman–Crippen LogP) is 2.18. The minimum Gasteiger partial charge on any atom is -0.484 e. The van der Waals surface area contributed by atoms with Gasteiger partial charge >= 0.3 is 0 Å². The zero-order chi connectivity index (χ0) is 16.2. The summed E-state index contributed by atoms with van der Waals surface area (Å²) < 4.78 is 5.46. The molecule has 5 nitrogen and oxygen atoms in total. The Balaban J connectivity index is 1.49. The Morgan fingerprint density at radius 1 is 1.26 bits per heavy atom. The molecule has 0 fully saturated rings. The number of anilines is 1. The molecule has 118 valence electrons. The van der Waals surface area contributed by atoms with Crippen LogP contribution in [-0.4, -0.2) is 18.4 Å². The number of hydrogen-bond acceptors (Lipinski definition) is 3. The van der Waals surface area contributed by atoms with Crippen LogP contribution in [0.5, 0.6) is 5.75 Å². The summed E-state index contributed by atoms with van der Waals surface area (Å²) in [6, 6.07) is 13.3. The summed E-state index contributed by atoms with van der Waals surface area (Å²) >= 11 is 0. The fourth-order valence-corrected chi connectivity index (χ4v) is 2.50. The first-order valence-electron chi connectivity index (χ1n) is 7.48. The molecule has 0 spiro atoms. The largest absolute Gasteiger partial charge is 0.484 e. The third-order valence-corrected chi connectivity index (χ3v) is 3.64. The highest BCUT2D eigenvalue weighted by Gasteiger charge is 2.17. The van der Waals surface area contributed by atoms with Crippen molar-refractivity contribution in [2.75, 3.05) is 11.9 Å². The molecule has 0 saturated heterocycles. The minimum absolute atomic E-state index is 0.00717. The van der Waals surface area contributed by atoms with Gasteiger partial charge in [-0.15, -0.1) is 0 Å². The molecule has 0 aromatic heterocycles. The molecule has 1 heterocycles. The van der Waals surface area contributed by atoms with Gasteiger partial charge in [-0.2, -0.15) is 0 Å². The molecule has 2 N–H and O–H groups in total. The van der Waals surface area contributed by atoms with Gasteiger partial charge in [-0.25, -0.2) is 0 Å². The van der Waals surface area contributed by atoms with Gasteiger partial charge in [0.05, 0.1) is 6.42 Å². The second-order valence-corrected chi connectivity index (χ2v) is 5.60. The number of amides is 2. The van der Waals surface area contributed by atoms with Crippen molar-refractivity contribution in [3.8, 4) is 5.75 Å². The van der Waals surface area contributed by atoms with Gasteiger partial charge in [0.25, 0.3) is 5.91 Å². The number of carbonyl (C=O) groups excluding carboxylic acids is 2. The van der Waals surface area contributed by atoms with Crippen LogP contribution in [0.4, 0.5) is 5.69 Å². The van der Waals surface area contributed by atoms with Crippen LogP contribution in [0.1, 0.15) is 16.7 Å². The third kappa shape index (κ3) is 3.88. The van der Waals surface area contributed by atoms with Gasteiger partial charge in [-0.1, -0.05) is 24.3 Å². The standard InChI is InChI=1S/C18H18N2O3/c1-12-3-2-4-15(7-12)23-11-18(22)19-10-13-5-6-16-14(8-13)9-17(21)20-16/h2-8H,9-11H2,1H3,(H,19,22)(H,20,21). The van der Waals surface area contributed by atoms with Gasteiger partial charge in [0, 0.05) is 12.2 Å². The Morgan fingerprint density at radius 2 is 2.13 bits per heavy atom. The summed E-state index contributed by atoms with van der Waals surface area (Å²) in [5.41, 5.74) is 3.87. The Morgan fingerprint density at radius 3 is 2.96 bits per heavy atom. The highest BCUT2D eigenvalue weighted by molar-refractivity contribution is 5.99. The lowest BCUT2D eigenvalue weighted by atomic mass is 10.1. The predicted molar refractivity (Wildman–Crippen MR) is 87.3 cm³/mol. The lowest BCUT2D eigenvalue weighted by molar-refractivity contribution is -0.123. The van der Waals surface area contributed by atoms with Crippen molar-refractivity contribution in [1.29, 1.82) is 0 Å². The van der Waals surface area contributed by atoms with E-state index >= 15 is 0 Å². The number of hydrogen-bond donors (Lipinski definition) is 2. The molecular formula is C18H18N2O3. The van der Waals surface area contributed by atoms with Crippen LogP contribution in [-0.2, 0) is 22.6 Å². The topological polar surface area (TPSA) is 67.4 Å². The molecule has 23 heavy (non-hydrogen) atoms. The van der Waals surface area contributed by atoms with Crippen molar-refractivity contribution < 1.29 is 14.3 Å². The number of carbonyl (C=O) groups is 2. The number of fused-ring (bicyclic) bond motifs is 1. The highest BCUT2D eigenvalue weighted by Crippen LogP contribution is 2.23. The summed E-state index contributed by atoms with van der Waals surface area (Å²) in [4.78, 5) is 23.2. The average Bonchev–Trinajstić information content (AvgIpc) is 2.90. The van der Waals surface area contributed by atoms with Gasteiger partial charge in [0.1, 0.15) is 5.75 Å². The van der Waals surface area contributed by atoms with Gasteiger partial charge < -0.3 is 15.4 Å². The van der Waals surface area contributed by atoms with E-state index in [9.17, 15) is 9.59 Å². The number of aryl methyl sites for hydroxylation is 1. The van der Waals surface area contributed by atoms with Crippen molar-refractivity contribution in [1.82, 2.24) is 5.32 Å². The Labute approximate surface area is 134 Å². The van der Waals surface area contributed by atoms with Gasteiger partial charge in [0.2, 0.25) is 5.91 Å². The number of ether oxygens (including phenoxy) is 1. The Kier molecular flexibility index (Phi) is 4.28. The van der Waals surface area contributed by atoms with Crippen molar-refractivity contribution in [3.63, 3.8) is 0 Å². The highest BCUT2D eigenvalue weighted by atomic mass is 16.5. The maximum absolute atomic E-state index is 11.9. The van der Waals surface area contributed by atoms with E-state index in [0.29, 0.717) is 18.7 Å². The molecule has 0 radical (unpaired) electrons. The Hall–Kier alpha value is -2.82. The smallest absolute Gasteiger partial charge is 0.258 e. The van der Waals surface area contributed by atoms with Crippen LogP contribution < -0.4 is 15.4 Å². The van der Waals surface area contributed by atoms with Gasteiger partial charge in [-0.05, 0) is 41.8 Å². The molecule has 0 saturated carbocycles. The third-order valence-electron chi connectivity index (χ3n) is 3.64. The zero-order valence-corrected chi connectivity index (χ0v) is 12.9. The summed E-state index contributed by atoms with van der Waals surface area (Å²) in [5.74, 6) is 0.510. The lowest BCUT2D eigenvalue weighted by Crippen LogP contribution is -2.28. The van der Waals surface area contributed by atoms with Crippen molar-refractivity contribution in [2.24, 2.45) is 0 Å². The van der Waals surface area contributed by atoms with E-state index in [1.807, 2.05) is 49.4 Å². The summed E-state index contributed by atoms with van der Waals surface area (Å²) in [6.45, 7) is 2.37. The number of benzene rings is 2. The van der Waals surface area contributed by atoms with E-state index in [2.05, 4.69) is 10.6 Å². The molecule has 5 heteroatoms. The number of nitrogens with one attached hydrogen (secondary N) is 2. The van der Waals surface area contributed by atoms with E-state index in [1.54, 1.807) is 0 Å². The molecule has 0 atom stereocenters. The Bertz CT molecular complexity index is 756.